The van der Waals surface area contributed by atoms with Crippen LogP contribution in [-0.2, 0) is 19.2 Å². The first-order valence-corrected chi connectivity index (χ1v) is 8.55. The van der Waals surface area contributed by atoms with Crippen LogP contribution >= 0.6 is 39.0 Å². The quantitative estimate of drug-likeness (QED) is 0.911. The second-order valence-electron chi connectivity index (χ2n) is 4.38. The topological polar surface area (TPSA) is 43.8 Å². The Morgan fingerprint density at radius 3 is 3.06 bits per heavy atom. The molecule has 1 aliphatic rings. The van der Waals surface area contributed by atoms with E-state index in [1.807, 2.05) is 34.8 Å². The number of nitrogens with two attached hydrogens (primary N) is 1. The zero-order chi connectivity index (χ0) is 12.7. The van der Waals surface area contributed by atoms with Crippen molar-refractivity contribution in [3.63, 3.8) is 0 Å². The molecule has 6 heteroatoms. The van der Waals surface area contributed by atoms with E-state index in [1.165, 1.54) is 27.5 Å². The van der Waals surface area contributed by atoms with Gasteiger partial charge in [0.05, 0.1) is 22.4 Å². The highest BCUT2D eigenvalue weighted by atomic mass is 79.9. The summed E-state index contributed by atoms with van der Waals surface area (Å²) in [6, 6.07) is 2.18. The molecular weight excluding hydrogens is 330 g/mol. The highest BCUT2D eigenvalue weighted by Crippen LogP contribution is 2.36. The maximum absolute atomic E-state index is 6.39. The number of aryl methyl sites for hydroxylation is 2. The van der Waals surface area contributed by atoms with E-state index in [4.69, 9.17) is 5.73 Å². The molecule has 0 fully saturated rings. The standard InChI is InChI=1S/C12H14BrN3S2/c1-16-12(8(13)5-15-16)11(14)10-4-7-6-17-3-2-9(7)18-10/h4-5,11H,2-3,6,14H2,1H3. The van der Waals surface area contributed by atoms with Crippen molar-refractivity contribution >= 4 is 39.0 Å². The SMILES string of the molecule is Cn1ncc(Br)c1C(N)c1cc2c(s1)CCSC2. The second kappa shape index (κ2) is 5.00. The van der Waals surface area contributed by atoms with Crippen LogP contribution in [0.5, 0.6) is 0 Å². The summed E-state index contributed by atoms with van der Waals surface area (Å²) < 4.78 is 2.83. The van der Waals surface area contributed by atoms with Gasteiger partial charge in [0.1, 0.15) is 0 Å². The summed E-state index contributed by atoms with van der Waals surface area (Å²) in [7, 11) is 1.93. The van der Waals surface area contributed by atoms with E-state index in [9.17, 15) is 0 Å². The van der Waals surface area contributed by atoms with Crippen LogP contribution in [0.1, 0.15) is 27.1 Å². The number of fused-ring (bicyclic) bond motifs is 1. The van der Waals surface area contributed by atoms with Gasteiger partial charge in [0.2, 0.25) is 0 Å². The van der Waals surface area contributed by atoms with Gasteiger partial charge in [-0.25, -0.2) is 0 Å². The molecule has 0 aliphatic carbocycles. The highest BCUT2D eigenvalue weighted by Gasteiger charge is 2.21. The molecule has 3 heterocycles. The second-order valence-corrected chi connectivity index (χ2v) is 7.51. The molecular formula is C12H14BrN3S2. The van der Waals surface area contributed by atoms with Gasteiger partial charge in [-0.1, -0.05) is 0 Å². The maximum atomic E-state index is 6.39. The smallest absolute Gasteiger partial charge is 0.0828 e. The number of aromatic nitrogens is 2. The molecule has 3 rings (SSSR count). The molecule has 0 saturated carbocycles. The first-order valence-electron chi connectivity index (χ1n) is 5.79. The van der Waals surface area contributed by atoms with Crippen molar-refractivity contribution < 1.29 is 0 Å². The largest absolute Gasteiger partial charge is 0.318 e. The molecule has 2 aromatic heterocycles. The Morgan fingerprint density at radius 1 is 1.56 bits per heavy atom. The van der Waals surface area contributed by atoms with Gasteiger partial charge in [-0.05, 0) is 39.7 Å². The number of nitrogens with zero attached hydrogens (tertiary/aromatic N) is 2. The number of halogens is 1. The lowest BCUT2D eigenvalue weighted by atomic mass is 10.1. The minimum atomic E-state index is -0.0903. The molecule has 0 saturated heterocycles. The Hall–Kier alpha value is -0.300. The molecule has 1 atom stereocenters. The Morgan fingerprint density at radius 2 is 2.39 bits per heavy atom. The zero-order valence-electron chi connectivity index (χ0n) is 10.0. The van der Waals surface area contributed by atoms with Gasteiger partial charge in [-0.2, -0.15) is 16.9 Å². The Bertz CT molecular complexity index is 533. The third-order valence-corrected chi connectivity index (χ3v) is 6.12. The number of hydrogen-bond acceptors (Lipinski definition) is 4. The maximum Gasteiger partial charge on any atom is 0.0828 e. The molecule has 0 spiro atoms. The van der Waals surface area contributed by atoms with E-state index in [-0.39, 0.29) is 6.04 Å². The Labute approximate surface area is 123 Å². The van der Waals surface area contributed by atoms with Crippen LogP contribution in [0.15, 0.2) is 16.7 Å². The fourth-order valence-electron chi connectivity index (χ4n) is 2.23. The third-order valence-electron chi connectivity index (χ3n) is 3.19. The van der Waals surface area contributed by atoms with E-state index in [0.717, 1.165) is 15.9 Å². The number of thioether (sulfide) groups is 1. The minimum absolute atomic E-state index is 0.0903. The van der Waals surface area contributed by atoms with E-state index in [1.54, 1.807) is 6.20 Å². The number of thiophene rings is 1. The summed E-state index contributed by atoms with van der Waals surface area (Å²) in [5.41, 5.74) is 8.90. The van der Waals surface area contributed by atoms with Crippen LogP contribution in [0.3, 0.4) is 0 Å². The van der Waals surface area contributed by atoms with Gasteiger partial charge >= 0.3 is 0 Å². The highest BCUT2D eigenvalue weighted by molar-refractivity contribution is 9.10. The van der Waals surface area contributed by atoms with E-state index in [2.05, 4.69) is 27.1 Å². The van der Waals surface area contributed by atoms with Gasteiger partial charge in [-0.3, -0.25) is 4.68 Å². The zero-order valence-corrected chi connectivity index (χ0v) is 13.2. The summed E-state index contributed by atoms with van der Waals surface area (Å²) >= 11 is 7.39. The summed E-state index contributed by atoms with van der Waals surface area (Å²) in [5.74, 6) is 2.36. The summed E-state index contributed by atoms with van der Waals surface area (Å²) in [6.45, 7) is 0. The predicted octanol–water partition coefficient (Wildman–Crippen LogP) is 3.08. The van der Waals surface area contributed by atoms with E-state index >= 15 is 0 Å². The minimum Gasteiger partial charge on any atom is -0.318 e. The number of hydrogen-bond donors (Lipinski definition) is 1. The van der Waals surface area contributed by atoms with Gasteiger partial charge in [0, 0.05) is 22.6 Å². The summed E-state index contributed by atoms with van der Waals surface area (Å²) in [5, 5.41) is 4.23. The van der Waals surface area contributed by atoms with Crippen molar-refractivity contribution in [2.24, 2.45) is 12.8 Å². The molecule has 0 aromatic carbocycles. The molecule has 96 valence electrons. The van der Waals surface area contributed by atoms with Gasteiger partial charge < -0.3 is 5.73 Å². The molecule has 18 heavy (non-hydrogen) atoms. The van der Waals surface area contributed by atoms with Gasteiger partial charge in [0.15, 0.2) is 0 Å². The molecule has 2 aromatic rings. The van der Waals surface area contributed by atoms with Crippen molar-refractivity contribution in [3.8, 4) is 0 Å². The lowest BCUT2D eigenvalue weighted by molar-refractivity contribution is 0.676. The van der Waals surface area contributed by atoms with Crippen molar-refractivity contribution in [2.75, 3.05) is 5.75 Å². The van der Waals surface area contributed by atoms with Crippen LogP contribution < -0.4 is 5.73 Å². The normalized spacial score (nSPS) is 16.6. The molecule has 1 unspecified atom stereocenters. The fourth-order valence-corrected chi connectivity index (χ4v) is 5.20. The predicted molar refractivity (Wildman–Crippen MR) is 81.1 cm³/mol. The summed E-state index contributed by atoms with van der Waals surface area (Å²) in [6.07, 6.45) is 2.99. The average Bonchev–Trinajstić information content (AvgIpc) is 2.92. The van der Waals surface area contributed by atoms with E-state index in [0.29, 0.717) is 0 Å². The lowest BCUT2D eigenvalue weighted by Crippen LogP contribution is -2.15. The Balaban J connectivity index is 1.97. The van der Waals surface area contributed by atoms with Crippen LogP contribution in [0.25, 0.3) is 0 Å². The first kappa shape index (κ1) is 12.7. The van der Waals surface area contributed by atoms with Crippen LogP contribution in [0, 0.1) is 0 Å². The van der Waals surface area contributed by atoms with Crippen molar-refractivity contribution in [1.82, 2.24) is 9.78 Å². The van der Waals surface area contributed by atoms with E-state index < -0.39 is 0 Å². The molecule has 0 amide bonds. The third kappa shape index (κ3) is 2.15. The van der Waals surface area contributed by atoms with Gasteiger partial charge in [-0.15, -0.1) is 11.3 Å². The molecule has 0 radical (unpaired) electrons. The molecule has 0 bridgehead atoms. The molecule has 1 aliphatic heterocycles. The van der Waals surface area contributed by atoms with Crippen LogP contribution in [-0.4, -0.2) is 15.5 Å². The van der Waals surface area contributed by atoms with Crippen molar-refractivity contribution in [1.29, 1.82) is 0 Å². The lowest BCUT2D eigenvalue weighted by Gasteiger charge is -2.10. The molecule has 2 N–H and O–H groups in total. The van der Waals surface area contributed by atoms with Crippen molar-refractivity contribution in [3.05, 3.63) is 37.7 Å². The first-order chi connectivity index (χ1) is 8.66. The summed E-state index contributed by atoms with van der Waals surface area (Å²) in [4.78, 5) is 2.75. The molecule has 3 nitrogen and oxygen atoms in total. The fraction of sp³-hybridized carbons (Fsp3) is 0.417. The Kier molecular flexibility index (Phi) is 3.53. The van der Waals surface area contributed by atoms with Crippen LogP contribution in [0.2, 0.25) is 0 Å². The van der Waals surface area contributed by atoms with Crippen LogP contribution in [0.4, 0.5) is 0 Å². The van der Waals surface area contributed by atoms with Crippen molar-refractivity contribution in [2.45, 2.75) is 18.2 Å². The number of rotatable bonds is 2. The monoisotopic (exact) mass is 343 g/mol. The average molecular weight is 344 g/mol. The van der Waals surface area contributed by atoms with Gasteiger partial charge in [0.25, 0.3) is 0 Å².